The second-order valence-corrected chi connectivity index (χ2v) is 7.03. The van der Waals surface area contributed by atoms with Crippen molar-refractivity contribution in [1.29, 1.82) is 0 Å². The van der Waals surface area contributed by atoms with Crippen LogP contribution in [0.2, 0.25) is 5.02 Å². The first-order chi connectivity index (χ1) is 9.82. The molecule has 1 nitrogen and oxygen atoms in total. The minimum atomic E-state index is 0.118. The lowest BCUT2D eigenvalue weighted by Gasteiger charge is -2.22. The standard InChI is InChI=1S/C19H24ClN/c1-13-6-11-16(17(20)12-13)18(21-5)14-7-9-15(10-8-14)19(2,3)4/h6-12,18,21H,1-5H3. The van der Waals surface area contributed by atoms with Crippen molar-refractivity contribution in [3.63, 3.8) is 0 Å². The summed E-state index contributed by atoms with van der Waals surface area (Å²) >= 11 is 6.42. The lowest BCUT2D eigenvalue weighted by molar-refractivity contribution is 0.589. The number of hydrogen-bond donors (Lipinski definition) is 1. The predicted octanol–water partition coefficient (Wildman–Crippen LogP) is 5.25. The van der Waals surface area contributed by atoms with E-state index in [2.05, 4.69) is 69.4 Å². The third-order valence-corrected chi connectivity index (χ3v) is 4.19. The molecule has 2 rings (SSSR count). The summed E-state index contributed by atoms with van der Waals surface area (Å²) < 4.78 is 0. The van der Waals surface area contributed by atoms with Crippen LogP contribution in [-0.4, -0.2) is 7.05 Å². The largest absolute Gasteiger partial charge is 0.309 e. The molecule has 0 fully saturated rings. The highest BCUT2D eigenvalue weighted by molar-refractivity contribution is 6.31. The van der Waals surface area contributed by atoms with Crippen molar-refractivity contribution in [2.45, 2.75) is 39.2 Å². The van der Waals surface area contributed by atoms with Gasteiger partial charge in [0.05, 0.1) is 6.04 Å². The van der Waals surface area contributed by atoms with Gasteiger partial charge >= 0.3 is 0 Å². The lowest BCUT2D eigenvalue weighted by Crippen LogP contribution is -2.18. The Labute approximate surface area is 133 Å². The van der Waals surface area contributed by atoms with Crippen LogP contribution in [-0.2, 0) is 5.41 Å². The van der Waals surface area contributed by atoms with Gasteiger partial charge in [-0.05, 0) is 47.7 Å². The Bertz CT molecular complexity index is 608. The van der Waals surface area contributed by atoms with Crippen LogP contribution in [0.15, 0.2) is 42.5 Å². The molecule has 0 saturated carbocycles. The van der Waals surface area contributed by atoms with Crippen LogP contribution in [0.5, 0.6) is 0 Å². The Morgan fingerprint density at radius 2 is 1.62 bits per heavy atom. The van der Waals surface area contributed by atoms with Crippen LogP contribution in [0.25, 0.3) is 0 Å². The SMILES string of the molecule is CNC(c1ccc(C(C)(C)C)cc1)c1ccc(C)cc1Cl. The van der Waals surface area contributed by atoms with E-state index in [1.807, 2.05) is 13.1 Å². The summed E-state index contributed by atoms with van der Waals surface area (Å²) in [7, 11) is 1.97. The van der Waals surface area contributed by atoms with E-state index in [1.165, 1.54) is 16.7 Å². The zero-order valence-corrected chi connectivity index (χ0v) is 14.3. The lowest BCUT2D eigenvalue weighted by atomic mass is 9.86. The Hall–Kier alpha value is -1.31. The van der Waals surface area contributed by atoms with Crippen LogP contribution in [0.1, 0.15) is 49.1 Å². The maximum absolute atomic E-state index is 6.42. The summed E-state index contributed by atoms with van der Waals surface area (Å²) in [6.07, 6.45) is 0. The van der Waals surface area contributed by atoms with Gasteiger partial charge in [-0.3, -0.25) is 0 Å². The van der Waals surface area contributed by atoms with E-state index < -0.39 is 0 Å². The molecule has 112 valence electrons. The summed E-state index contributed by atoms with van der Waals surface area (Å²) in [5, 5.41) is 4.18. The highest BCUT2D eigenvalue weighted by atomic mass is 35.5. The molecular weight excluding hydrogens is 278 g/mol. The van der Waals surface area contributed by atoms with Crippen molar-refractivity contribution >= 4 is 11.6 Å². The second-order valence-electron chi connectivity index (χ2n) is 6.62. The van der Waals surface area contributed by atoms with E-state index in [4.69, 9.17) is 11.6 Å². The molecular formula is C19H24ClN. The van der Waals surface area contributed by atoms with Crippen LogP contribution >= 0.6 is 11.6 Å². The first kappa shape index (κ1) is 16.1. The van der Waals surface area contributed by atoms with E-state index in [9.17, 15) is 0 Å². The van der Waals surface area contributed by atoms with Crippen LogP contribution < -0.4 is 5.32 Å². The third-order valence-electron chi connectivity index (χ3n) is 3.87. The molecule has 0 spiro atoms. The molecule has 2 aromatic carbocycles. The molecule has 21 heavy (non-hydrogen) atoms. The van der Waals surface area contributed by atoms with Gasteiger partial charge in [0.15, 0.2) is 0 Å². The van der Waals surface area contributed by atoms with Crippen molar-refractivity contribution in [1.82, 2.24) is 5.32 Å². The number of nitrogens with one attached hydrogen (secondary N) is 1. The fraction of sp³-hybridized carbons (Fsp3) is 0.368. The smallest absolute Gasteiger partial charge is 0.0589 e. The van der Waals surface area contributed by atoms with Gasteiger partial charge < -0.3 is 5.32 Å². The Morgan fingerprint density at radius 1 is 1.00 bits per heavy atom. The molecule has 2 heteroatoms. The van der Waals surface area contributed by atoms with Crippen LogP contribution in [0, 0.1) is 6.92 Å². The van der Waals surface area contributed by atoms with Crippen molar-refractivity contribution in [3.05, 3.63) is 69.7 Å². The minimum Gasteiger partial charge on any atom is -0.309 e. The normalized spacial score (nSPS) is 13.2. The van der Waals surface area contributed by atoms with Gasteiger partial charge in [-0.25, -0.2) is 0 Å². The van der Waals surface area contributed by atoms with Crippen molar-refractivity contribution in [3.8, 4) is 0 Å². The molecule has 0 aliphatic rings. The molecule has 0 radical (unpaired) electrons. The number of aryl methyl sites for hydroxylation is 1. The van der Waals surface area contributed by atoms with Crippen LogP contribution in [0.3, 0.4) is 0 Å². The summed E-state index contributed by atoms with van der Waals surface area (Å²) in [6, 6.07) is 15.2. The number of benzene rings is 2. The summed E-state index contributed by atoms with van der Waals surface area (Å²) in [6.45, 7) is 8.75. The fourth-order valence-electron chi connectivity index (χ4n) is 2.54. The van der Waals surface area contributed by atoms with Crippen molar-refractivity contribution in [2.75, 3.05) is 7.05 Å². The third kappa shape index (κ3) is 3.66. The maximum atomic E-state index is 6.42. The van der Waals surface area contributed by atoms with Gasteiger partial charge in [-0.15, -0.1) is 0 Å². The molecule has 1 N–H and O–H groups in total. The van der Waals surface area contributed by atoms with E-state index in [0.717, 1.165) is 10.6 Å². The number of hydrogen-bond acceptors (Lipinski definition) is 1. The van der Waals surface area contributed by atoms with Crippen molar-refractivity contribution in [2.24, 2.45) is 0 Å². The first-order valence-corrected chi connectivity index (χ1v) is 7.74. The van der Waals surface area contributed by atoms with Gasteiger partial charge in [0, 0.05) is 5.02 Å². The highest BCUT2D eigenvalue weighted by Gasteiger charge is 2.17. The fourth-order valence-corrected chi connectivity index (χ4v) is 2.89. The van der Waals surface area contributed by atoms with E-state index in [-0.39, 0.29) is 11.5 Å². The monoisotopic (exact) mass is 301 g/mol. The molecule has 0 saturated heterocycles. The highest BCUT2D eigenvalue weighted by Crippen LogP contribution is 2.30. The molecule has 0 aromatic heterocycles. The van der Waals surface area contributed by atoms with E-state index in [1.54, 1.807) is 0 Å². The Kier molecular flexibility index (Phi) is 4.75. The number of halogens is 1. The molecule has 1 atom stereocenters. The summed E-state index contributed by atoms with van der Waals surface area (Å²) in [5.74, 6) is 0. The predicted molar refractivity (Wildman–Crippen MR) is 92.2 cm³/mol. The molecule has 0 bridgehead atoms. The van der Waals surface area contributed by atoms with E-state index in [0.29, 0.717) is 0 Å². The molecule has 0 amide bonds. The van der Waals surface area contributed by atoms with Gasteiger partial charge in [-0.1, -0.05) is 68.8 Å². The Morgan fingerprint density at radius 3 is 2.10 bits per heavy atom. The maximum Gasteiger partial charge on any atom is 0.0589 e. The molecule has 0 heterocycles. The second kappa shape index (κ2) is 6.21. The average Bonchev–Trinajstić information content (AvgIpc) is 2.41. The van der Waals surface area contributed by atoms with Crippen LogP contribution in [0.4, 0.5) is 0 Å². The van der Waals surface area contributed by atoms with Gasteiger partial charge in [0.2, 0.25) is 0 Å². The number of rotatable bonds is 3. The molecule has 1 unspecified atom stereocenters. The summed E-state index contributed by atoms with van der Waals surface area (Å²) in [5.41, 5.74) is 5.05. The van der Waals surface area contributed by atoms with Gasteiger partial charge in [0.25, 0.3) is 0 Å². The Balaban J connectivity index is 2.37. The topological polar surface area (TPSA) is 12.0 Å². The zero-order chi connectivity index (χ0) is 15.6. The van der Waals surface area contributed by atoms with E-state index >= 15 is 0 Å². The first-order valence-electron chi connectivity index (χ1n) is 7.36. The van der Waals surface area contributed by atoms with Crippen molar-refractivity contribution < 1.29 is 0 Å². The minimum absolute atomic E-state index is 0.118. The average molecular weight is 302 g/mol. The van der Waals surface area contributed by atoms with Gasteiger partial charge in [0.1, 0.15) is 0 Å². The molecule has 2 aromatic rings. The molecule has 0 aliphatic carbocycles. The summed E-state index contributed by atoms with van der Waals surface area (Å²) in [4.78, 5) is 0. The van der Waals surface area contributed by atoms with Gasteiger partial charge in [-0.2, -0.15) is 0 Å². The quantitative estimate of drug-likeness (QED) is 0.816. The molecule has 0 aliphatic heterocycles. The zero-order valence-electron chi connectivity index (χ0n) is 13.5.